The standard InChI is InChI=1S/C22H24N6O/c29-22-12-16(14-27-10-9-23-15-27)11-19(22)24-13-17-5-1-3-7-20(17)28-21-8-4-2-6-18(21)25-26-28/h1-10,15-16,19,22,24,29H,11-14H2/t16?,19-,22-/m1/s1. The van der Waals surface area contributed by atoms with Crippen molar-refractivity contribution in [3.8, 4) is 5.69 Å². The van der Waals surface area contributed by atoms with Crippen molar-refractivity contribution >= 4 is 11.0 Å². The Bertz CT molecular complexity index is 1090. The summed E-state index contributed by atoms with van der Waals surface area (Å²) in [6, 6.07) is 16.3. The Hall–Kier alpha value is -3.03. The van der Waals surface area contributed by atoms with Gasteiger partial charge < -0.3 is 15.0 Å². The molecule has 0 radical (unpaired) electrons. The highest BCUT2D eigenvalue weighted by atomic mass is 16.3. The van der Waals surface area contributed by atoms with E-state index in [0.717, 1.165) is 41.7 Å². The zero-order chi connectivity index (χ0) is 19.6. The van der Waals surface area contributed by atoms with Crippen LogP contribution in [0.15, 0.2) is 67.3 Å². The average molecular weight is 388 g/mol. The van der Waals surface area contributed by atoms with Gasteiger partial charge in [0.1, 0.15) is 5.52 Å². The molecule has 0 amide bonds. The van der Waals surface area contributed by atoms with Crippen LogP contribution in [0.1, 0.15) is 18.4 Å². The van der Waals surface area contributed by atoms with Crippen molar-refractivity contribution in [2.45, 2.75) is 38.1 Å². The topological polar surface area (TPSA) is 80.8 Å². The summed E-state index contributed by atoms with van der Waals surface area (Å²) in [5.41, 5.74) is 4.01. The zero-order valence-corrected chi connectivity index (χ0v) is 16.1. The van der Waals surface area contributed by atoms with Gasteiger partial charge >= 0.3 is 0 Å². The lowest BCUT2D eigenvalue weighted by molar-refractivity contribution is 0.145. The van der Waals surface area contributed by atoms with Crippen LogP contribution >= 0.6 is 0 Å². The van der Waals surface area contributed by atoms with Crippen molar-refractivity contribution in [2.75, 3.05) is 0 Å². The lowest BCUT2D eigenvalue weighted by Crippen LogP contribution is -2.35. The van der Waals surface area contributed by atoms with Crippen LogP contribution in [0.5, 0.6) is 0 Å². The third-order valence-corrected chi connectivity index (χ3v) is 5.78. The Morgan fingerprint density at radius 3 is 2.83 bits per heavy atom. The molecule has 2 aromatic carbocycles. The molecule has 3 atom stereocenters. The summed E-state index contributed by atoms with van der Waals surface area (Å²) in [5.74, 6) is 0.450. The molecule has 1 saturated carbocycles. The molecule has 2 N–H and O–H groups in total. The molecule has 7 nitrogen and oxygen atoms in total. The first kappa shape index (κ1) is 18.0. The summed E-state index contributed by atoms with van der Waals surface area (Å²) in [6.45, 7) is 1.57. The summed E-state index contributed by atoms with van der Waals surface area (Å²) in [7, 11) is 0. The fourth-order valence-electron chi connectivity index (χ4n) is 4.33. The highest BCUT2D eigenvalue weighted by Gasteiger charge is 2.32. The highest BCUT2D eigenvalue weighted by Crippen LogP contribution is 2.28. The number of imidazole rings is 1. The molecule has 0 spiro atoms. The van der Waals surface area contributed by atoms with Gasteiger partial charge in [-0.15, -0.1) is 5.10 Å². The van der Waals surface area contributed by atoms with Crippen molar-refractivity contribution in [2.24, 2.45) is 5.92 Å². The van der Waals surface area contributed by atoms with Crippen LogP contribution in [0.2, 0.25) is 0 Å². The van der Waals surface area contributed by atoms with Crippen molar-refractivity contribution in [1.29, 1.82) is 0 Å². The van der Waals surface area contributed by atoms with Gasteiger partial charge in [0.05, 0.1) is 23.6 Å². The SMILES string of the molecule is O[C@@H]1CC(Cn2ccnc2)C[C@H]1NCc1ccccc1-n1nnc2ccccc21. The van der Waals surface area contributed by atoms with E-state index in [1.807, 2.05) is 53.6 Å². The Morgan fingerprint density at radius 2 is 1.93 bits per heavy atom. The molecule has 148 valence electrons. The molecular weight excluding hydrogens is 364 g/mol. The average Bonchev–Trinajstić information content (AvgIpc) is 3.47. The molecule has 7 heteroatoms. The number of hydrogen-bond acceptors (Lipinski definition) is 5. The number of fused-ring (bicyclic) bond motifs is 1. The number of hydrogen-bond donors (Lipinski definition) is 2. The lowest BCUT2D eigenvalue weighted by atomic mass is 10.1. The first-order valence-electron chi connectivity index (χ1n) is 10.0. The lowest BCUT2D eigenvalue weighted by Gasteiger charge is -2.18. The van der Waals surface area contributed by atoms with E-state index in [1.54, 1.807) is 6.20 Å². The molecule has 1 aliphatic carbocycles. The molecule has 0 aliphatic heterocycles. The fourth-order valence-corrected chi connectivity index (χ4v) is 4.33. The Morgan fingerprint density at radius 1 is 1.07 bits per heavy atom. The number of aromatic nitrogens is 5. The number of nitrogens with zero attached hydrogens (tertiary/aromatic N) is 5. The van der Waals surface area contributed by atoms with Gasteiger partial charge in [-0.3, -0.25) is 0 Å². The maximum absolute atomic E-state index is 10.5. The first-order chi connectivity index (χ1) is 14.3. The second kappa shape index (κ2) is 7.77. The largest absolute Gasteiger partial charge is 0.391 e. The molecule has 29 heavy (non-hydrogen) atoms. The summed E-state index contributed by atoms with van der Waals surface area (Å²) >= 11 is 0. The summed E-state index contributed by atoms with van der Waals surface area (Å²) in [5, 5.41) is 22.7. The molecule has 2 heterocycles. The van der Waals surface area contributed by atoms with E-state index in [4.69, 9.17) is 0 Å². The molecule has 1 aliphatic rings. The van der Waals surface area contributed by atoms with E-state index in [2.05, 4.69) is 37.3 Å². The predicted octanol–water partition coefficient (Wildman–Crippen LogP) is 2.55. The minimum absolute atomic E-state index is 0.0871. The highest BCUT2D eigenvalue weighted by molar-refractivity contribution is 5.76. The van der Waals surface area contributed by atoms with Crippen molar-refractivity contribution in [3.63, 3.8) is 0 Å². The van der Waals surface area contributed by atoms with E-state index in [-0.39, 0.29) is 12.1 Å². The Labute approximate surface area is 169 Å². The summed E-state index contributed by atoms with van der Waals surface area (Å²) < 4.78 is 3.98. The monoisotopic (exact) mass is 388 g/mol. The molecule has 4 aromatic rings. The van der Waals surface area contributed by atoms with Gasteiger partial charge in [0, 0.05) is 31.5 Å². The molecule has 0 bridgehead atoms. The second-order valence-electron chi connectivity index (χ2n) is 7.77. The smallest absolute Gasteiger partial charge is 0.113 e. The van der Waals surface area contributed by atoms with Crippen molar-refractivity contribution in [3.05, 3.63) is 72.8 Å². The number of benzene rings is 2. The van der Waals surface area contributed by atoms with Gasteiger partial charge in [0.2, 0.25) is 0 Å². The predicted molar refractivity (Wildman–Crippen MR) is 110 cm³/mol. The number of para-hydroxylation sites is 2. The van der Waals surface area contributed by atoms with Crippen LogP contribution in [0.25, 0.3) is 16.7 Å². The van der Waals surface area contributed by atoms with Crippen LogP contribution in [-0.2, 0) is 13.1 Å². The number of rotatable bonds is 6. The molecule has 5 rings (SSSR count). The molecule has 0 saturated heterocycles. The van der Waals surface area contributed by atoms with Crippen LogP contribution in [0.4, 0.5) is 0 Å². The van der Waals surface area contributed by atoms with E-state index in [9.17, 15) is 5.11 Å². The normalized spacial score (nSPS) is 21.8. The number of aliphatic hydroxyl groups is 1. The third kappa shape index (κ3) is 3.66. The van der Waals surface area contributed by atoms with Gasteiger partial charge in [0.15, 0.2) is 0 Å². The third-order valence-electron chi connectivity index (χ3n) is 5.78. The minimum atomic E-state index is -0.331. The van der Waals surface area contributed by atoms with Gasteiger partial charge in [-0.25, -0.2) is 9.67 Å². The maximum Gasteiger partial charge on any atom is 0.113 e. The van der Waals surface area contributed by atoms with Gasteiger partial charge in [-0.1, -0.05) is 35.5 Å². The van der Waals surface area contributed by atoms with Crippen LogP contribution in [-0.4, -0.2) is 41.8 Å². The first-order valence-corrected chi connectivity index (χ1v) is 10.0. The quantitative estimate of drug-likeness (QED) is 0.531. The van der Waals surface area contributed by atoms with Crippen molar-refractivity contribution < 1.29 is 5.11 Å². The second-order valence-corrected chi connectivity index (χ2v) is 7.77. The molecule has 1 unspecified atom stereocenters. The molecule has 1 fully saturated rings. The van der Waals surface area contributed by atoms with Gasteiger partial charge in [-0.05, 0) is 42.5 Å². The van der Waals surface area contributed by atoms with E-state index >= 15 is 0 Å². The van der Waals surface area contributed by atoms with E-state index in [1.165, 1.54) is 0 Å². The van der Waals surface area contributed by atoms with Gasteiger partial charge in [-0.2, -0.15) is 0 Å². The number of aliphatic hydroxyl groups excluding tert-OH is 1. The number of nitrogens with one attached hydrogen (secondary N) is 1. The van der Waals surface area contributed by atoms with E-state index < -0.39 is 0 Å². The van der Waals surface area contributed by atoms with Crippen LogP contribution in [0.3, 0.4) is 0 Å². The van der Waals surface area contributed by atoms with E-state index in [0.29, 0.717) is 12.5 Å². The van der Waals surface area contributed by atoms with Crippen molar-refractivity contribution in [1.82, 2.24) is 29.9 Å². The van der Waals surface area contributed by atoms with Crippen LogP contribution < -0.4 is 5.32 Å². The Kier molecular flexibility index (Phi) is 4.83. The van der Waals surface area contributed by atoms with Gasteiger partial charge in [0.25, 0.3) is 0 Å². The zero-order valence-electron chi connectivity index (χ0n) is 16.1. The molecular formula is C22H24N6O. The fraction of sp³-hybridized carbons (Fsp3) is 0.318. The summed E-state index contributed by atoms with van der Waals surface area (Å²) in [6.07, 6.45) is 7.05. The molecule has 2 aromatic heterocycles. The minimum Gasteiger partial charge on any atom is -0.391 e. The Balaban J connectivity index is 1.30. The maximum atomic E-state index is 10.5. The van der Waals surface area contributed by atoms with Crippen LogP contribution in [0, 0.1) is 5.92 Å². The summed E-state index contributed by atoms with van der Waals surface area (Å²) in [4.78, 5) is 4.11.